The molecule has 3 heterocycles. The maximum Gasteiger partial charge on any atom is 0.255 e. The molecule has 4 rings (SSSR count). The zero-order valence-corrected chi connectivity index (χ0v) is 14.3. The van der Waals surface area contributed by atoms with Gasteiger partial charge in [0.1, 0.15) is 6.04 Å². The highest BCUT2D eigenvalue weighted by molar-refractivity contribution is 6.01. The highest BCUT2D eigenvalue weighted by Gasteiger charge is 2.39. The maximum atomic E-state index is 12.8. The fourth-order valence-electron chi connectivity index (χ4n) is 3.94. The molecular formula is C19H23N3O2. The molecule has 1 aromatic rings. The van der Waals surface area contributed by atoms with E-state index in [1.807, 2.05) is 0 Å². The molecule has 126 valence electrons. The first-order valence-electron chi connectivity index (χ1n) is 8.62. The van der Waals surface area contributed by atoms with Crippen molar-refractivity contribution in [2.24, 2.45) is 0 Å². The summed E-state index contributed by atoms with van der Waals surface area (Å²) in [6.07, 6.45) is 1.39. The first kappa shape index (κ1) is 15.4. The summed E-state index contributed by atoms with van der Waals surface area (Å²) in [6.45, 7) is 10.6. The van der Waals surface area contributed by atoms with E-state index in [2.05, 4.69) is 42.8 Å². The first-order valence-corrected chi connectivity index (χ1v) is 8.62. The molecule has 0 spiro atoms. The van der Waals surface area contributed by atoms with Gasteiger partial charge in [-0.2, -0.15) is 0 Å². The fourth-order valence-corrected chi connectivity index (χ4v) is 3.94. The number of carbonyl (C=O) groups is 2. The molecule has 0 bridgehead atoms. The monoisotopic (exact) mass is 325 g/mol. The van der Waals surface area contributed by atoms with Crippen LogP contribution in [0.25, 0.3) is 0 Å². The lowest BCUT2D eigenvalue weighted by Gasteiger charge is -2.30. The van der Waals surface area contributed by atoms with Crippen molar-refractivity contribution in [1.29, 1.82) is 0 Å². The Morgan fingerprint density at radius 2 is 1.83 bits per heavy atom. The van der Waals surface area contributed by atoms with Crippen LogP contribution >= 0.6 is 0 Å². The van der Waals surface area contributed by atoms with Crippen molar-refractivity contribution in [3.8, 4) is 0 Å². The number of hydrogen-bond donors (Lipinski definition) is 1. The quantitative estimate of drug-likeness (QED) is 0.906. The Morgan fingerprint density at radius 1 is 1.12 bits per heavy atom. The molecule has 1 unspecified atom stereocenters. The maximum absolute atomic E-state index is 12.8. The summed E-state index contributed by atoms with van der Waals surface area (Å²) in [6, 6.07) is 4.34. The Morgan fingerprint density at radius 3 is 2.50 bits per heavy atom. The van der Waals surface area contributed by atoms with Gasteiger partial charge in [-0.05, 0) is 49.4 Å². The van der Waals surface area contributed by atoms with Crippen molar-refractivity contribution < 1.29 is 9.59 Å². The third-order valence-corrected chi connectivity index (χ3v) is 5.43. The third-order valence-electron chi connectivity index (χ3n) is 5.43. The second-order valence-corrected chi connectivity index (χ2v) is 7.36. The van der Waals surface area contributed by atoms with Crippen molar-refractivity contribution in [1.82, 2.24) is 15.1 Å². The zero-order valence-electron chi connectivity index (χ0n) is 14.3. The molecule has 1 saturated heterocycles. The van der Waals surface area contributed by atoms with Crippen LogP contribution in [-0.4, -0.2) is 33.7 Å². The summed E-state index contributed by atoms with van der Waals surface area (Å²) in [5.74, 6) is -0.116. The van der Waals surface area contributed by atoms with Crippen LogP contribution in [0.3, 0.4) is 0 Å². The van der Waals surface area contributed by atoms with E-state index in [4.69, 9.17) is 0 Å². The van der Waals surface area contributed by atoms with Crippen LogP contribution in [0.5, 0.6) is 0 Å². The van der Waals surface area contributed by atoms with Gasteiger partial charge in [0.15, 0.2) is 0 Å². The molecule has 1 N–H and O–H groups in total. The SMILES string of the molecule is C=C1CCC(N2Cc3cc4c(cc3C2=O)CN(C(C)C)C4)C(=O)N1. The highest BCUT2D eigenvalue weighted by atomic mass is 16.2. The second kappa shape index (κ2) is 5.45. The van der Waals surface area contributed by atoms with Crippen molar-refractivity contribution in [3.63, 3.8) is 0 Å². The lowest BCUT2D eigenvalue weighted by Crippen LogP contribution is -2.49. The lowest BCUT2D eigenvalue weighted by atomic mass is 10.0. The average Bonchev–Trinajstić information content (AvgIpc) is 3.07. The molecule has 3 aliphatic rings. The van der Waals surface area contributed by atoms with E-state index in [9.17, 15) is 9.59 Å². The minimum Gasteiger partial charge on any atom is -0.329 e. The molecule has 1 fully saturated rings. The lowest BCUT2D eigenvalue weighted by molar-refractivity contribution is -0.126. The number of piperidine rings is 1. The summed E-state index contributed by atoms with van der Waals surface area (Å²) in [5, 5.41) is 2.78. The summed E-state index contributed by atoms with van der Waals surface area (Å²) < 4.78 is 0. The van der Waals surface area contributed by atoms with Gasteiger partial charge in [0.05, 0.1) is 0 Å². The molecule has 0 aromatic heterocycles. The predicted octanol–water partition coefficient (Wildman–Crippen LogP) is 2.16. The van der Waals surface area contributed by atoms with Gasteiger partial charge in [0.2, 0.25) is 5.91 Å². The van der Waals surface area contributed by atoms with Crippen LogP contribution in [-0.2, 0) is 24.4 Å². The average molecular weight is 325 g/mol. The van der Waals surface area contributed by atoms with Gasteiger partial charge in [0.25, 0.3) is 5.91 Å². The summed E-state index contributed by atoms with van der Waals surface area (Å²) in [5.41, 5.74) is 5.14. The second-order valence-electron chi connectivity index (χ2n) is 7.36. The van der Waals surface area contributed by atoms with E-state index >= 15 is 0 Å². The molecule has 0 saturated carbocycles. The standard InChI is InChI=1S/C19H23N3O2/c1-11(2)21-8-13-6-15-10-22(17-5-4-12(3)20-18(17)23)19(24)16(15)7-14(13)9-21/h6-7,11,17H,3-5,8-10H2,1-2H3,(H,20,23). The molecule has 0 radical (unpaired) electrons. The molecule has 5 nitrogen and oxygen atoms in total. The highest BCUT2D eigenvalue weighted by Crippen LogP contribution is 2.34. The zero-order chi connectivity index (χ0) is 17.0. The van der Waals surface area contributed by atoms with Gasteiger partial charge in [-0.3, -0.25) is 14.5 Å². The fraction of sp³-hybridized carbons (Fsp3) is 0.474. The van der Waals surface area contributed by atoms with E-state index in [0.717, 1.165) is 36.3 Å². The van der Waals surface area contributed by atoms with Gasteiger partial charge < -0.3 is 10.2 Å². The number of benzene rings is 1. The van der Waals surface area contributed by atoms with Crippen LogP contribution < -0.4 is 5.32 Å². The van der Waals surface area contributed by atoms with E-state index in [1.165, 1.54) is 11.1 Å². The molecule has 1 atom stereocenters. The molecule has 5 heteroatoms. The molecular weight excluding hydrogens is 302 g/mol. The van der Waals surface area contributed by atoms with E-state index in [1.54, 1.807) is 4.90 Å². The topological polar surface area (TPSA) is 52.7 Å². The smallest absolute Gasteiger partial charge is 0.255 e. The van der Waals surface area contributed by atoms with Crippen molar-refractivity contribution in [3.05, 3.63) is 46.7 Å². The van der Waals surface area contributed by atoms with Crippen molar-refractivity contribution in [2.45, 2.75) is 58.4 Å². The van der Waals surface area contributed by atoms with Gasteiger partial charge in [-0.1, -0.05) is 12.6 Å². The summed E-state index contributed by atoms with van der Waals surface area (Å²) >= 11 is 0. The van der Waals surface area contributed by atoms with E-state index in [-0.39, 0.29) is 17.9 Å². The first-order chi connectivity index (χ1) is 11.4. The van der Waals surface area contributed by atoms with Crippen LogP contribution in [0.1, 0.15) is 53.7 Å². The van der Waals surface area contributed by atoms with Crippen molar-refractivity contribution >= 4 is 11.8 Å². The van der Waals surface area contributed by atoms with Crippen molar-refractivity contribution in [2.75, 3.05) is 0 Å². The van der Waals surface area contributed by atoms with Gasteiger partial charge >= 0.3 is 0 Å². The van der Waals surface area contributed by atoms with E-state index < -0.39 is 0 Å². The number of amides is 2. The summed E-state index contributed by atoms with van der Waals surface area (Å²) in [4.78, 5) is 29.2. The number of fused-ring (bicyclic) bond motifs is 2. The van der Waals surface area contributed by atoms with Crippen LogP contribution in [0.4, 0.5) is 0 Å². The Bertz CT molecular complexity index is 753. The number of nitrogens with one attached hydrogen (secondary N) is 1. The van der Waals surface area contributed by atoms with Crippen LogP contribution in [0, 0.1) is 0 Å². The Kier molecular flexibility index (Phi) is 3.49. The number of hydrogen-bond acceptors (Lipinski definition) is 3. The number of allylic oxidation sites excluding steroid dienone is 1. The number of rotatable bonds is 2. The molecule has 1 aromatic carbocycles. The summed E-state index contributed by atoms with van der Waals surface area (Å²) in [7, 11) is 0. The molecule has 3 aliphatic heterocycles. The predicted molar refractivity (Wildman–Crippen MR) is 91.0 cm³/mol. The Balaban J connectivity index is 1.59. The minimum atomic E-state index is -0.377. The van der Waals surface area contributed by atoms with Gasteiger partial charge in [-0.15, -0.1) is 0 Å². The molecule has 0 aliphatic carbocycles. The minimum absolute atomic E-state index is 0.0107. The number of carbonyl (C=O) groups excluding carboxylic acids is 2. The molecule has 2 amide bonds. The normalized spacial score (nSPS) is 23.7. The third kappa shape index (κ3) is 2.35. The Labute approximate surface area is 142 Å². The largest absolute Gasteiger partial charge is 0.329 e. The van der Waals surface area contributed by atoms with E-state index in [0.29, 0.717) is 19.0 Å². The molecule has 24 heavy (non-hydrogen) atoms. The van der Waals surface area contributed by atoms with Gasteiger partial charge in [0, 0.05) is 36.9 Å². The van der Waals surface area contributed by atoms with Crippen LogP contribution in [0.15, 0.2) is 24.4 Å². The van der Waals surface area contributed by atoms with Crippen LogP contribution in [0.2, 0.25) is 0 Å². The number of nitrogens with zero attached hydrogens (tertiary/aromatic N) is 2. The van der Waals surface area contributed by atoms with Gasteiger partial charge in [-0.25, -0.2) is 0 Å². The Hall–Kier alpha value is -2.14.